The molecule has 0 saturated heterocycles. The summed E-state index contributed by atoms with van der Waals surface area (Å²) in [7, 11) is 0. The van der Waals surface area contributed by atoms with E-state index < -0.39 is 0 Å². The van der Waals surface area contributed by atoms with Crippen molar-refractivity contribution in [1.82, 2.24) is 9.97 Å². The second-order valence-corrected chi connectivity index (χ2v) is 6.65. The van der Waals surface area contributed by atoms with Crippen LogP contribution in [0.25, 0.3) is 0 Å². The van der Waals surface area contributed by atoms with Crippen LogP contribution in [0, 0.1) is 6.92 Å². The van der Waals surface area contributed by atoms with Gasteiger partial charge in [-0.15, -0.1) is 0 Å². The molecule has 0 atom stereocenters. The molecule has 0 unspecified atom stereocenters. The fraction of sp³-hybridized carbons (Fsp3) is 0.474. The summed E-state index contributed by atoms with van der Waals surface area (Å²) in [4.78, 5) is 9.03. The Kier molecular flexibility index (Phi) is 4.59. The second-order valence-electron chi connectivity index (χ2n) is 6.65. The minimum atomic E-state index is 0.519. The minimum absolute atomic E-state index is 0.519. The summed E-state index contributed by atoms with van der Waals surface area (Å²) in [5.41, 5.74) is 0.922. The lowest BCUT2D eigenvalue weighted by atomic mass is 9.95. The first-order valence-corrected chi connectivity index (χ1v) is 9.05. The lowest BCUT2D eigenvalue weighted by Crippen LogP contribution is -2.23. The number of ether oxygens (including phenoxy) is 2. The van der Waals surface area contributed by atoms with Gasteiger partial charge < -0.3 is 20.1 Å². The molecule has 6 nitrogen and oxygen atoms in total. The summed E-state index contributed by atoms with van der Waals surface area (Å²) in [6, 6.07) is 8.33. The van der Waals surface area contributed by atoms with Crippen LogP contribution in [0.15, 0.2) is 24.3 Å². The number of nitrogens with one attached hydrogen (secondary N) is 2. The van der Waals surface area contributed by atoms with Gasteiger partial charge in [0.15, 0.2) is 11.5 Å². The maximum absolute atomic E-state index is 5.64. The van der Waals surface area contributed by atoms with Crippen LogP contribution in [0.3, 0.4) is 0 Å². The standard InChI is InChI=1S/C19H24N4O2/c1-13-20-18(22-14-5-3-2-4-6-14)12-19(21-13)23-15-7-8-16-17(11-15)25-10-9-24-16/h7-8,11-12,14H,2-6,9-10H2,1H3,(H2,20,21,22,23). The van der Waals surface area contributed by atoms with E-state index in [2.05, 4.69) is 20.6 Å². The molecule has 1 fully saturated rings. The maximum atomic E-state index is 5.64. The van der Waals surface area contributed by atoms with E-state index in [9.17, 15) is 0 Å². The van der Waals surface area contributed by atoms with Gasteiger partial charge in [0.05, 0.1) is 0 Å². The Morgan fingerprint density at radius 2 is 1.68 bits per heavy atom. The zero-order valence-electron chi connectivity index (χ0n) is 14.5. The maximum Gasteiger partial charge on any atom is 0.163 e. The van der Waals surface area contributed by atoms with Crippen LogP contribution < -0.4 is 20.1 Å². The van der Waals surface area contributed by atoms with Gasteiger partial charge in [-0.25, -0.2) is 9.97 Å². The van der Waals surface area contributed by atoms with Gasteiger partial charge in [-0.3, -0.25) is 0 Å². The fourth-order valence-corrected chi connectivity index (χ4v) is 3.43. The third-order valence-electron chi connectivity index (χ3n) is 4.61. The third kappa shape index (κ3) is 3.95. The number of benzene rings is 1. The highest BCUT2D eigenvalue weighted by Gasteiger charge is 2.15. The van der Waals surface area contributed by atoms with Crippen LogP contribution in [0.1, 0.15) is 37.9 Å². The summed E-state index contributed by atoms with van der Waals surface area (Å²) in [5.74, 6) is 3.97. The van der Waals surface area contributed by atoms with Crippen LogP contribution in [0.2, 0.25) is 0 Å². The Morgan fingerprint density at radius 3 is 2.52 bits per heavy atom. The first kappa shape index (κ1) is 16.0. The number of aryl methyl sites for hydroxylation is 1. The van der Waals surface area contributed by atoms with Gasteiger partial charge in [0.1, 0.15) is 30.7 Å². The molecule has 0 amide bonds. The summed E-state index contributed by atoms with van der Waals surface area (Å²) >= 11 is 0. The van der Waals surface area contributed by atoms with Crippen molar-refractivity contribution >= 4 is 17.3 Å². The Balaban J connectivity index is 1.50. The second kappa shape index (κ2) is 7.17. The zero-order chi connectivity index (χ0) is 17.1. The molecule has 1 saturated carbocycles. The summed E-state index contributed by atoms with van der Waals surface area (Å²) in [5, 5.41) is 6.91. The van der Waals surface area contributed by atoms with Gasteiger partial charge in [0.2, 0.25) is 0 Å². The third-order valence-corrected chi connectivity index (χ3v) is 4.61. The van der Waals surface area contributed by atoms with E-state index >= 15 is 0 Å². The predicted molar refractivity (Wildman–Crippen MR) is 98.0 cm³/mol. The summed E-state index contributed by atoms with van der Waals surface area (Å²) < 4.78 is 11.2. The molecule has 0 radical (unpaired) electrons. The first-order valence-electron chi connectivity index (χ1n) is 9.05. The Hall–Kier alpha value is -2.50. The molecule has 1 aliphatic heterocycles. The number of hydrogen-bond acceptors (Lipinski definition) is 6. The highest BCUT2D eigenvalue weighted by atomic mass is 16.6. The molecular weight excluding hydrogens is 316 g/mol. The monoisotopic (exact) mass is 340 g/mol. The largest absolute Gasteiger partial charge is 0.486 e. The normalized spacial score (nSPS) is 17.2. The summed E-state index contributed by atoms with van der Waals surface area (Å²) in [6.45, 7) is 3.10. The number of hydrogen-bond donors (Lipinski definition) is 2. The van der Waals surface area contributed by atoms with Crippen molar-refractivity contribution in [2.24, 2.45) is 0 Å². The summed E-state index contributed by atoms with van der Waals surface area (Å²) in [6.07, 6.45) is 6.37. The van der Waals surface area contributed by atoms with Gasteiger partial charge in [0, 0.05) is 23.9 Å². The molecule has 4 rings (SSSR count). The predicted octanol–water partition coefficient (Wildman–Crippen LogP) is 4.04. The molecule has 2 aromatic rings. The molecule has 2 N–H and O–H groups in total. The zero-order valence-corrected chi connectivity index (χ0v) is 14.5. The highest BCUT2D eigenvalue weighted by Crippen LogP contribution is 2.33. The van der Waals surface area contributed by atoms with Crippen molar-refractivity contribution in [2.75, 3.05) is 23.8 Å². The van der Waals surface area contributed by atoms with Crippen LogP contribution in [0.4, 0.5) is 17.3 Å². The number of aromatic nitrogens is 2. The fourth-order valence-electron chi connectivity index (χ4n) is 3.43. The van der Waals surface area contributed by atoms with E-state index in [1.807, 2.05) is 31.2 Å². The van der Waals surface area contributed by atoms with Crippen molar-refractivity contribution in [3.8, 4) is 11.5 Å². The molecule has 2 heterocycles. The van der Waals surface area contributed by atoms with E-state index in [0.29, 0.717) is 19.3 Å². The van der Waals surface area contributed by atoms with E-state index in [0.717, 1.165) is 34.6 Å². The lowest BCUT2D eigenvalue weighted by molar-refractivity contribution is 0.171. The van der Waals surface area contributed by atoms with Gasteiger partial charge in [0.25, 0.3) is 0 Å². The highest BCUT2D eigenvalue weighted by molar-refractivity contribution is 5.63. The Bertz CT molecular complexity index is 744. The van der Waals surface area contributed by atoms with E-state index in [4.69, 9.17) is 9.47 Å². The molecule has 0 bridgehead atoms. The van der Waals surface area contributed by atoms with Crippen molar-refractivity contribution in [1.29, 1.82) is 0 Å². The number of rotatable bonds is 4. The molecule has 25 heavy (non-hydrogen) atoms. The molecule has 0 spiro atoms. The first-order chi connectivity index (χ1) is 12.3. The van der Waals surface area contributed by atoms with Crippen LogP contribution in [0.5, 0.6) is 11.5 Å². The molecule has 1 aromatic heterocycles. The molecule has 132 valence electrons. The van der Waals surface area contributed by atoms with Gasteiger partial charge in [-0.05, 0) is 31.9 Å². The van der Waals surface area contributed by atoms with Gasteiger partial charge >= 0.3 is 0 Å². The van der Waals surface area contributed by atoms with Crippen molar-refractivity contribution < 1.29 is 9.47 Å². The SMILES string of the molecule is Cc1nc(Nc2ccc3c(c2)OCCO3)cc(NC2CCCCC2)n1. The topological polar surface area (TPSA) is 68.3 Å². The lowest BCUT2D eigenvalue weighted by Gasteiger charge is -2.23. The number of anilines is 3. The molecule has 1 aromatic carbocycles. The average molecular weight is 340 g/mol. The van der Waals surface area contributed by atoms with Crippen LogP contribution in [-0.4, -0.2) is 29.2 Å². The van der Waals surface area contributed by atoms with Crippen LogP contribution in [-0.2, 0) is 0 Å². The van der Waals surface area contributed by atoms with Crippen molar-refractivity contribution in [3.63, 3.8) is 0 Å². The van der Waals surface area contributed by atoms with Gasteiger partial charge in [-0.1, -0.05) is 19.3 Å². The number of nitrogens with zero attached hydrogens (tertiary/aromatic N) is 2. The van der Waals surface area contributed by atoms with Crippen LogP contribution >= 0.6 is 0 Å². The smallest absolute Gasteiger partial charge is 0.163 e. The number of fused-ring (bicyclic) bond motifs is 1. The minimum Gasteiger partial charge on any atom is -0.486 e. The van der Waals surface area contributed by atoms with E-state index in [-0.39, 0.29) is 0 Å². The average Bonchev–Trinajstić information content (AvgIpc) is 2.62. The Morgan fingerprint density at radius 1 is 0.920 bits per heavy atom. The quantitative estimate of drug-likeness (QED) is 0.875. The van der Waals surface area contributed by atoms with Crippen molar-refractivity contribution in [2.45, 2.75) is 45.1 Å². The van der Waals surface area contributed by atoms with E-state index in [1.165, 1.54) is 32.1 Å². The molecule has 6 heteroatoms. The molecular formula is C19H24N4O2. The Labute approximate surface area is 148 Å². The van der Waals surface area contributed by atoms with Gasteiger partial charge in [-0.2, -0.15) is 0 Å². The molecule has 1 aliphatic carbocycles. The van der Waals surface area contributed by atoms with Crippen molar-refractivity contribution in [3.05, 3.63) is 30.1 Å². The van der Waals surface area contributed by atoms with E-state index in [1.54, 1.807) is 0 Å². The molecule has 2 aliphatic rings.